The van der Waals surface area contributed by atoms with Gasteiger partial charge in [0.15, 0.2) is 5.65 Å². The summed E-state index contributed by atoms with van der Waals surface area (Å²) < 4.78 is 34.8. The summed E-state index contributed by atoms with van der Waals surface area (Å²) in [5.74, 6) is 0.230. The SMILES string of the molecule is COC(=O)c1ccccc1S(=O)(=O)N1CCC(c2cc(NCc3cccnc3)n3ncc(C)c3n2)CC1. The summed E-state index contributed by atoms with van der Waals surface area (Å²) in [6.07, 6.45) is 6.56. The number of anilines is 1. The number of aromatic nitrogens is 4. The smallest absolute Gasteiger partial charge is 0.339 e. The first kappa shape index (κ1) is 24.8. The Morgan fingerprint density at radius 3 is 2.65 bits per heavy atom. The predicted octanol–water partition coefficient (Wildman–Crippen LogP) is 3.40. The van der Waals surface area contributed by atoms with Gasteiger partial charge in [-0.1, -0.05) is 18.2 Å². The van der Waals surface area contributed by atoms with Crippen LogP contribution >= 0.6 is 0 Å². The lowest BCUT2D eigenvalue weighted by Gasteiger charge is -2.31. The number of rotatable bonds is 7. The molecule has 1 aromatic carbocycles. The van der Waals surface area contributed by atoms with Crippen molar-refractivity contribution in [2.45, 2.75) is 37.1 Å². The van der Waals surface area contributed by atoms with Crippen molar-refractivity contribution in [3.8, 4) is 0 Å². The zero-order valence-electron chi connectivity index (χ0n) is 20.7. The maximum Gasteiger partial charge on any atom is 0.339 e. The Morgan fingerprint density at radius 2 is 1.92 bits per heavy atom. The molecule has 1 aliphatic rings. The van der Waals surface area contributed by atoms with E-state index in [1.807, 2.05) is 31.3 Å². The van der Waals surface area contributed by atoms with Crippen LogP contribution in [0.2, 0.25) is 0 Å². The molecule has 1 aliphatic heterocycles. The number of esters is 1. The predicted molar refractivity (Wildman–Crippen MR) is 138 cm³/mol. The summed E-state index contributed by atoms with van der Waals surface area (Å²) in [5.41, 5.74) is 3.72. The maximum atomic E-state index is 13.4. The van der Waals surface area contributed by atoms with E-state index in [0.29, 0.717) is 32.5 Å². The average Bonchev–Trinajstić information content (AvgIpc) is 3.32. The number of pyridine rings is 1. The molecule has 192 valence electrons. The van der Waals surface area contributed by atoms with Crippen molar-refractivity contribution in [3.05, 3.63) is 83.4 Å². The molecule has 0 radical (unpaired) electrons. The van der Waals surface area contributed by atoms with Gasteiger partial charge in [-0.05, 0) is 43.5 Å². The van der Waals surface area contributed by atoms with Gasteiger partial charge in [0.25, 0.3) is 0 Å². The van der Waals surface area contributed by atoms with Gasteiger partial charge >= 0.3 is 5.97 Å². The van der Waals surface area contributed by atoms with E-state index >= 15 is 0 Å². The first-order valence-electron chi connectivity index (χ1n) is 12.0. The molecule has 4 heterocycles. The number of hydrogen-bond donors (Lipinski definition) is 1. The zero-order chi connectivity index (χ0) is 26.0. The van der Waals surface area contributed by atoms with Gasteiger partial charge in [-0.15, -0.1) is 0 Å². The zero-order valence-corrected chi connectivity index (χ0v) is 21.5. The average molecular weight is 521 g/mol. The molecule has 0 unspecified atom stereocenters. The van der Waals surface area contributed by atoms with Gasteiger partial charge < -0.3 is 10.1 Å². The summed E-state index contributed by atoms with van der Waals surface area (Å²) in [5, 5.41) is 7.92. The van der Waals surface area contributed by atoms with Gasteiger partial charge in [-0.2, -0.15) is 13.9 Å². The number of ether oxygens (including phenoxy) is 1. The first-order valence-corrected chi connectivity index (χ1v) is 13.5. The quantitative estimate of drug-likeness (QED) is 0.368. The van der Waals surface area contributed by atoms with E-state index in [9.17, 15) is 13.2 Å². The third-order valence-corrected chi connectivity index (χ3v) is 8.60. The van der Waals surface area contributed by atoms with Crippen molar-refractivity contribution in [2.24, 2.45) is 0 Å². The number of carbonyl (C=O) groups is 1. The number of sulfonamides is 1. The molecule has 0 spiro atoms. The van der Waals surface area contributed by atoms with Gasteiger partial charge in [0, 0.05) is 55.3 Å². The van der Waals surface area contributed by atoms with E-state index in [1.54, 1.807) is 29.0 Å². The Bertz CT molecular complexity index is 1530. The normalized spacial score (nSPS) is 15.1. The molecule has 0 saturated carbocycles. The summed E-state index contributed by atoms with van der Waals surface area (Å²) in [6, 6.07) is 12.1. The molecule has 0 bridgehead atoms. The van der Waals surface area contributed by atoms with Gasteiger partial charge in [0.05, 0.1) is 23.8 Å². The minimum atomic E-state index is -3.85. The standard InChI is InChI=1S/C26H28N6O4S/c1-18-15-29-32-24(28-17-19-6-5-11-27-16-19)14-22(30-25(18)32)20-9-12-31(13-10-20)37(34,35)23-8-4-3-7-21(23)26(33)36-2/h3-8,11,14-16,20,28H,9-10,12-13,17H2,1-2H3. The highest BCUT2D eigenvalue weighted by molar-refractivity contribution is 7.89. The molecule has 0 amide bonds. The van der Waals surface area contributed by atoms with Gasteiger partial charge in [-0.3, -0.25) is 4.98 Å². The fourth-order valence-electron chi connectivity index (χ4n) is 4.62. The molecule has 10 nitrogen and oxygen atoms in total. The molecule has 37 heavy (non-hydrogen) atoms. The molecular formula is C26H28N6O4S. The number of hydrogen-bond acceptors (Lipinski definition) is 8. The van der Waals surface area contributed by atoms with Crippen LogP contribution in [0.3, 0.4) is 0 Å². The molecule has 0 aliphatic carbocycles. The minimum Gasteiger partial charge on any atom is -0.465 e. The molecule has 0 atom stereocenters. The Kier molecular flexibility index (Phi) is 6.90. The van der Waals surface area contributed by atoms with Gasteiger partial charge in [-0.25, -0.2) is 18.2 Å². The molecule has 3 aromatic heterocycles. The van der Waals surface area contributed by atoms with Crippen molar-refractivity contribution in [2.75, 3.05) is 25.5 Å². The molecule has 4 aromatic rings. The fraction of sp³-hybridized carbons (Fsp3) is 0.308. The van der Waals surface area contributed by atoms with Crippen LogP contribution in [-0.2, 0) is 21.3 Å². The number of nitrogens with one attached hydrogen (secondary N) is 1. The summed E-state index contributed by atoms with van der Waals surface area (Å²) in [7, 11) is -2.61. The van der Waals surface area contributed by atoms with Crippen LogP contribution < -0.4 is 5.32 Å². The Balaban J connectivity index is 1.36. The lowest BCUT2D eigenvalue weighted by atomic mass is 9.94. The van der Waals surface area contributed by atoms with E-state index in [1.165, 1.54) is 23.5 Å². The lowest BCUT2D eigenvalue weighted by molar-refractivity contribution is 0.0596. The van der Waals surface area contributed by atoms with Crippen molar-refractivity contribution in [1.82, 2.24) is 23.9 Å². The molecule has 11 heteroatoms. The molecule has 1 fully saturated rings. The third kappa shape index (κ3) is 4.92. The highest BCUT2D eigenvalue weighted by atomic mass is 32.2. The van der Waals surface area contributed by atoms with Crippen LogP contribution in [0.15, 0.2) is 66.0 Å². The molecule has 1 saturated heterocycles. The van der Waals surface area contributed by atoms with Crippen molar-refractivity contribution < 1.29 is 17.9 Å². The molecule has 1 N–H and O–H groups in total. The summed E-state index contributed by atoms with van der Waals surface area (Å²) >= 11 is 0. The van der Waals surface area contributed by atoms with E-state index in [4.69, 9.17) is 9.72 Å². The van der Waals surface area contributed by atoms with Gasteiger partial charge in [0.1, 0.15) is 5.82 Å². The number of piperidine rings is 1. The Labute approximate surface area is 215 Å². The summed E-state index contributed by atoms with van der Waals surface area (Å²) in [4.78, 5) is 21.2. The van der Waals surface area contributed by atoms with Crippen molar-refractivity contribution in [3.63, 3.8) is 0 Å². The Hall–Kier alpha value is -3.83. The number of aryl methyl sites for hydroxylation is 1. The fourth-order valence-corrected chi connectivity index (χ4v) is 6.27. The van der Waals surface area contributed by atoms with E-state index in [0.717, 1.165) is 28.3 Å². The number of carbonyl (C=O) groups excluding carboxylic acids is 1. The van der Waals surface area contributed by atoms with E-state index in [2.05, 4.69) is 15.4 Å². The highest BCUT2D eigenvalue weighted by Crippen LogP contribution is 2.32. The second-order valence-corrected chi connectivity index (χ2v) is 10.9. The number of fused-ring (bicyclic) bond motifs is 1. The highest BCUT2D eigenvalue weighted by Gasteiger charge is 2.33. The van der Waals surface area contributed by atoms with E-state index < -0.39 is 16.0 Å². The first-order chi connectivity index (χ1) is 17.9. The molecule has 5 rings (SSSR count). The van der Waals surface area contributed by atoms with Crippen molar-refractivity contribution in [1.29, 1.82) is 0 Å². The third-order valence-electron chi connectivity index (χ3n) is 6.65. The second kappa shape index (κ2) is 10.3. The van der Waals surface area contributed by atoms with Crippen LogP contribution in [0.5, 0.6) is 0 Å². The van der Waals surface area contributed by atoms with Crippen LogP contribution in [0, 0.1) is 6.92 Å². The number of benzene rings is 1. The van der Waals surface area contributed by atoms with Crippen LogP contribution in [0.4, 0.5) is 5.82 Å². The Morgan fingerprint density at radius 1 is 1.14 bits per heavy atom. The van der Waals surface area contributed by atoms with Crippen LogP contribution in [0.1, 0.15) is 45.9 Å². The topological polar surface area (TPSA) is 119 Å². The van der Waals surface area contributed by atoms with Crippen LogP contribution in [-0.4, -0.2) is 58.5 Å². The number of nitrogens with zero attached hydrogens (tertiary/aromatic N) is 5. The van der Waals surface area contributed by atoms with Gasteiger partial charge in [0.2, 0.25) is 10.0 Å². The monoisotopic (exact) mass is 520 g/mol. The van der Waals surface area contributed by atoms with Crippen LogP contribution in [0.25, 0.3) is 5.65 Å². The van der Waals surface area contributed by atoms with Crippen molar-refractivity contribution >= 4 is 27.5 Å². The van der Waals surface area contributed by atoms with E-state index in [-0.39, 0.29) is 16.4 Å². The minimum absolute atomic E-state index is 0.0309. The lowest BCUT2D eigenvalue weighted by Crippen LogP contribution is -2.38. The second-order valence-electron chi connectivity index (χ2n) is 9.01. The largest absolute Gasteiger partial charge is 0.465 e. The number of methoxy groups -OCH3 is 1. The molecular weight excluding hydrogens is 492 g/mol. The maximum absolute atomic E-state index is 13.4. The summed E-state index contributed by atoms with van der Waals surface area (Å²) in [6.45, 7) is 3.21.